The number of rotatable bonds is 7. The molecule has 0 atom stereocenters. The summed E-state index contributed by atoms with van der Waals surface area (Å²) in [7, 11) is 0. The van der Waals surface area contributed by atoms with E-state index in [1.54, 1.807) is 6.26 Å². The lowest BCUT2D eigenvalue weighted by Crippen LogP contribution is -2.49. The van der Waals surface area contributed by atoms with E-state index in [1.807, 2.05) is 44.2 Å². The Morgan fingerprint density at radius 1 is 1.35 bits per heavy atom. The van der Waals surface area contributed by atoms with Crippen molar-refractivity contribution in [2.45, 2.75) is 25.1 Å². The zero-order valence-corrected chi connectivity index (χ0v) is 14.9. The van der Waals surface area contributed by atoms with Crippen molar-refractivity contribution >= 4 is 30.1 Å². The summed E-state index contributed by atoms with van der Waals surface area (Å²) in [6, 6.07) is 9.73. The van der Waals surface area contributed by atoms with Crippen LogP contribution in [0.25, 0.3) is 11.5 Å². The normalized spacial score (nSPS) is 10.9. The Bertz CT molecular complexity index is 617. The van der Waals surface area contributed by atoms with Gasteiger partial charge in [-0.25, -0.2) is 4.98 Å². The smallest absolute Gasteiger partial charge is 0.230 e. The number of amides is 1. The van der Waals surface area contributed by atoms with Crippen LogP contribution in [0.5, 0.6) is 0 Å². The van der Waals surface area contributed by atoms with Crippen LogP contribution in [-0.4, -0.2) is 28.7 Å². The average Bonchev–Trinajstić information content (AvgIpc) is 2.96. The molecule has 1 amide bonds. The number of nitrogens with zero attached hydrogens (tertiary/aromatic N) is 1. The first kappa shape index (κ1) is 19.5. The molecular weight excluding hydrogens is 334 g/mol. The molecule has 0 spiro atoms. The van der Waals surface area contributed by atoms with Gasteiger partial charge in [-0.1, -0.05) is 18.2 Å². The monoisotopic (exact) mass is 355 g/mol. The minimum Gasteiger partial charge on any atom is -0.444 e. The van der Waals surface area contributed by atoms with Gasteiger partial charge in [0.2, 0.25) is 11.8 Å². The molecule has 0 bridgehead atoms. The first-order valence-electron chi connectivity index (χ1n) is 7.09. The number of nitrogens with one attached hydrogen (secondary N) is 1. The number of carbonyl (C=O) groups is 1. The summed E-state index contributed by atoms with van der Waals surface area (Å²) < 4.78 is 5.46. The van der Waals surface area contributed by atoms with Gasteiger partial charge >= 0.3 is 0 Å². The van der Waals surface area contributed by atoms with Crippen molar-refractivity contribution < 1.29 is 9.21 Å². The number of oxazole rings is 1. The van der Waals surface area contributed by atoms with Gasteiger partial charge < -0.3 is 15.5 Å². The molecule has 0 saturated carbocycles. The van der Waals surface area contributed by atoms with Gasteiger partial charge in [0.15, 0.2) is 0 Å². The summed E-state index contributed by atoms with van der Waals surface area (Å²) in [4.78, 5) is 16.2. The van der Waals surface area contributed by atoms with Crippen LogP contribution in [0.2, 0.25) is 0 Å². The number of halogens is 1. The Kier molecular flexibility index (Phi) is 7.61. The molecule has 0 aliphatic carbocycles. The van der Waals surface area contributed by atoms with Crippen LogP contribution < -0.4 is 11.1 Å². The van der Waals surface area contributed by atoms with E-state index in [1.165, 1.54) is 11.8 Å². The number of aromatic nitrogens is 1. The molecule has 0 fully saturated rings. The molecule has 126 valence electrons. The van der Waals surface area contributed by atoms with Crippen molar-refractivity contribution in [2.75, 3.05) is 12.3 Å². The van der Waals surface area contributed by atoms with Crippen molar-refractivity contribution in [2.24, 2.45) is 5.73 Å². The Hall–Kier alpha value is -1.50. The average molecular weight is 356 g/mol. The van der Waals surface area contributed by atoms with Gasteiger partial charge in [-0.05, 0) is 26.0 Å². The Morgan fingerprint density at radius 2 is 2.04 bits per heavy atom. The van der Waals surface area contributed by atoms with E-state index < -0.39 is 0 Å². The molecule has 0 unspecified atom stereocenters. The molecule has 0 aliphatic heterocycles. The second-order valence-corrected chi connectivity index (χ2v) is 6.62. The van der Waals surface area contributed by atoms with Gasteiger partial charge in [-0.3, -0.25) is 4.79 Å². The molecule has 2 rings (SSSR count). The van der Waals surface area contributed by atoms with Crippen molar-refractivity contribution in [3.05, 3.63) is 42.3 Å². The Labute approximate surface area is 146 Å². The van der Waals surface area contributed by atoms with Crippen LogP contribution in [-0.2, 0) is 10.5 Å². The number of thioether (sulfide) groups is 1. The standard InChI is InChI=1S/C16H21N3O2S.ClH/c1-16(2,11-17)19-14(20)10-22-9-13-8-21-15(18-13)12-6-4-3-5-7-12;/h3-8H,9-11,17H2,1-2H3,(H,19,20);1H. The van der Waals surface area contributed by atoms with E-state index in [9.17, 15) is 4.79 Å². The first-order valence-corrected chi connectivity index (χ1v) is 8.24. The summed E-state index contributed by atoms with van der Waals surface area (Å²) >= 11 is 1.50. The molecule has 1 aromatic heterocycles. The van der Waals surface area contributed by atoms with Crippen molar-refractivity contribution in [3.63, 3.8) is 0 Å². The lowest BCUT2D eigenvalue weighted by atomic mass is 10.1. The lowest BCUT2D eigenvalue weighted by Gasteiger charge is -2.23. The van der Waals surface area contributed by atoms with Gasteiger partial charge in [0.25, 0.3) is 0 Å². The molecule has 2 aromatic rings. The number of benzene rings is 1. The largest absolute Gasteiger partial charge is 0.444 e. The van der Waals surface area contributed by atoms with E-state index in [0.717, 1.165) is 11.3 Å². The minimum atomic E-state index is -0.369. The van der Waals surface area contributed by atoms with Crippen LogP contribution in [0.1, 0.15) is 19.5 Å². The van der Waals surface area contributed by atoms with E-state index >= 15 is 0 Å². The maximum absolute atomic E-state index is 11.8. The zero-order chi connectivity index (χ0) is 16.0. The van der Waals surface area contributed by atoms with E-state index in [0.29, 0.717) is 23.9 Å². The summed E-state index contributed by atoms with van der Waals surface area (Å²) in [5.74, 6) is 1.58. The highest BCUT2D eigenvalue weighted by molar-refractivity contribution is 7.99. The second kappa shape index (κ2) is 8.96. The summed E-state index contributed by atoms with van der Waals surface area (Å²) in [6.45, 7) is 4.21. The fourth-order valence-electron chi connectivity index (χ4n) is 1.80. The fourth-order valence-corrected chi connectivity index (χ4v) is 2.50. The molecule has 7 heteroatoms. The van der Waals surface area contributed by atoms with Crippen molar-refractivity contribution in [1.29, 1.82) is 0 Å². The third-order valence-corrected chi connectivity index (χ3v) is 4.01. The predicted octanol–water partition coefficient (Wildman–Crippen LogP) is 2.85. The molecule has 5 nitrogen and oxygen atoms in total. The summed E-state index contributed by atoms with van der Waals surface area (Å²) in [5.41, 5.74) is 6.99. The van der Waals surface area contributed by atoms with E-state index in [4.69, 9.17) is 10.2 Å². The fraction of sp³-hybridized carbons (Fsp3) is 0.375. The number of hydrogen-bond donors (Lipinski definition) is 2. The van der Waals surface area contributed by atoms with Crippen LogP contribution in [0.4, 0.5) is 0 Å². The van der Waals surface area contributed by atoms with Crippen LogP contribution >= 0.6 is 24.2 Å². The SMILES string of the molecule is CC(C)(CN)NC(=O)CSCc1coc(-c2ccccc2)n1.Cl. The van der Waals surface area contributed by atoms with Crippen molar-refractivity contribution in [3.8, 4) is 11.5 Å². The molecule has 0 radical (unpaired) electrons. The highest BCUT2D eigenvalue weighted by Gasteiger charge is 2.18. The van der Waals surface area contributed by atoms with E-state index in [-0.39, 0.29) is 23.9 Å². The molecule has 1 aromatic carbocycles. The highest BCUT2D eigenvalue weighted by Crippen LogP contribution is 2.20. The molecular formula is C16H22ClN3O2S. The van der Waals surface area contributed by atoms with Gasteiger partial charge in [0.05, 0.1) is 11.4 Å². The summed E-state index contributed by atoms with van der Waals surface area (Å²) in [5, 5.41) is 2.89. The quantitative estimate of drug-likeness (QED) is 0.798. The predicted molar refractivity (Wildman–Crippen MR) is 96.6 cm³/mol. The van der Waals surface area contributed by atoms with Crippen LogP contribution in [0.3, 0.4) is 0 Å². The molecule has 3 N–H and O–H groups in total. The van der Waals surface area contributed by atoms with Gasteiger partial charge in [0, 0.05) is 23.4 Å². The third-order valence-electron chi connectivity index (χ3n) is 3.04. The lowest BCUT2D eigenvalue weighted by molar-refractivity contribution is -0.120. The molecule has 0 saturated heterocycles. The van der Waals surface area contributed by atoms with E-state index in [2.05, 4.69) is 10.3 Å². The molecule has 23 heavy (non-hydrogen) atoms. The summed E-state index contributed by atoms with van der Waals surface area (Å²) in [6.07, 6.45) is 1.64. The maximum atomic E-state index is 11.8. The highest BCUT2D eigenvalue weighted by atomic mass is 35.5. The van der Waals surface area contributed by atoms with Gasteiger partial charge in [-0.2, -0.15) is 0 Å². The van der Waals surface area contributed by atoms with Crippen molar-refractivity contribution in [1.82, 2.24) is 10.3 Å². The maximum Gasteiger partial charge on any atom is 0.230 e. The first-order chi connectivity index (χ1) is 10.5. The molecule has 1 heterocycles. The van der Waals surface area contributed by atoms with Crippen LogP contribution in [0.15, 0.2) is 41.0 Å². The van der Waals surface area contributed by atoms with Gasteiger partial charge in [-0.15, -0.1) is 24.2 Å². The van der Waals surface area contributed by atoms with Gasteiger partial charge in [0.1, 0.15) is 6.26 Å². The number of hydrogen-bond acceptors (Lipinski definition) is 5. The Balaban J connectivity index is 0.00000264. The third kappa shape index (κ3) is 6.25. The topological polar surface area (TPSA) is 81.1 Å². The molecule has 0 aliphatic rings. The number of nitrogens with two attached hydrogens (primary N) is 1. The Morgan fingerprint density at radius 3 is 2.70 bits per heavy atom. The minimum absolute atomic E-state index is 0. The zero-order valence-electron chi connectivity index (χ0n) is 13.2. The number of carbonyl (C=O) groups excluding carboxylic acids is 1. The second-order valence-electron chi connectivity index (χ2n) is 5.64. The van der Waals surface area contributed by atoms with Crippen LogP contribution in [0, 0.1) is 0 Å².